The third kappa shape index (κ3) is 2.48. The standard InChI is InChI=1S/C9H13NO2S2/c1-3-13-8-6-5-7-10-9(8)14(11,12)4-2/h5-7H,3-4H2,1-2H3. The Morgan fingerprint density at radius 3 is 2.71 bits per heavy atom. The molecule has 0 aliphatic heterocycles. The Kier molecular flexibility index (Phi) is 3.95. The van der Waals surface area contributed by atoms with Gasteiger partial charge < -0.3 is 0 Å². The van der Waals surface area contributed by atoms with Crippen LogP contribution in [0, 0.1) is 0 Å². The number of nitrogens with zero attached hydrogens (tertiary/aromatic N) is 1. The van der Waals surface area contributed by atoms with Gasteiger partial charge in [0.15, 0.2) is 14.9 Å². The Balaban J connectivity index is 3.20. The SMILES string of the molecule is CCSc1cccnc1S(=O)(=O)CC. The van der Waals surface area contributed by atoms with Crippen LogP contribution in [0.3, 0.4) is 0 Å². The Bertz CT molecular complexity index is 401. The summed E-state index contributed by atoms with van der Waals surface area (Å²) >= 11 is 1.50. The number of aromatic nitrogens is 1. The smallest absolute Gasteiger partial charge is 0.196 e. The van der Waals surface area contributed by atoms with Gasteiger partial charge in [-0.05, 0) is 17.9 Å². The quantitative estimate of drug-likeness (QED) is 0.743. The lowest BCUT2D eigenvalue weighted by atomic mass is 10.5. The molecule has 0 bridgehead atoms. The van der Waals surface area contributed by atoms with E-state index in [1.54, 1.807) is 19.1 Å². The number of sulfone groups is 1. The van der Waals surface area contributed by atoms with Crippen molar-refractivity contribution in [3.63, 3.8) is 0 Å². The fourth-order valence-corrected chi connectivity index (χ4v) is 3.10. The van der Waals surface area contributed by atoms with E-state index in [4.69, 9.17) is 0 Å². The molecule has 0 saturated heterocycles. The van der Waals surface area contributed by atoms with Crippen molar-refractivity contribution in [1.29, 1.82) is 0 Å². The number of pyridine rings is 1. The molecule has 0 amide bonds. The molecule has 0 aliphatic carbocycles. The monoisotopic (exact) mass is 231 g/mol. The van der Waals surface area contributed by atoms with Crippen LogP contribution in [0.4, 0.5) is 0 Å². The van der Waals surface area contributed by atoms with Crippen molar-refractivity contribution in [3.8, 4) is 0 Å². The molecule has 0 atom stereocenters. The van der Waals surface area contributed by atoms with Crippen LogP contribution in [0.2, 0.25) is 0 Å². The second-order valence-electron chi connectivity index (χ2n) is 2.64. The molecule has 5 heteroatoms. The minimum absolute atomic E-state index is 0.0985. The molecule has 14 heavy (non-hydrogen) atoms. The van der Waals surface area contributed by atoms with Crippen LogP contribution >= 0.6 is 11.8 Å². The van der Waals surface area contributed by atoms with Gasteiger partial charge in [0.05, 0.1) is 5.75 Å². The molecule has 0 fully saturated rings. The van der Waals surface area contributed by atoms with Crippen molar-refractivity contribution >= 4 is 21.6 Å². The van der Waals surface area contributed by atoms with Crippen molar-refractivity contribution < 1.29 is 8.42 Å². The normalized spacial score (nSPS) is 11.6. The number of hydrogen-bond acceptors (Lipinski definition) is 4. The van der Waals surface area contributed by atoms with Crippen LogP contribution in [-0.2, 0) is 9.84 Å². The molecule has 78 valence electrons. The second-order valence-corrected chi connectivity index (χ2v) is 6.14. The Hall–Kier alpha value is -0.550. The highest BCUT2D eigenvalue weighted by molar-refractivity contribution is 8.00. The molecular formula is C9H13NO2S2. The van der Waals surface area contributed by atoms with Crippen LogP contribution < -0.4 is 0 Å². The predicted octanol–water partition coefficient (Wildman–Crippen LogP) is 1.99. The van der Waals surface area contributed by atoms with Crippen LogP contribution in [0.25, 0.3) is 0 Å². The van der Waals surface area contributed by atoms with E-state index in [2.05, 4.69) is 4.98 Å². The Labute approximate surface area is 88.9 Å². The molecule has 0 radical (unpaired) electrons. The second kappa shape index (κ2) is 4.79. The Morgan fingerprint density at radius 2 is 2.14 bits per heavy atom. The van der Waals surface area contributed by atoms with Crippen LogP contribution in [0.5, 0.6) is 0 Å². The summed E-state index contributed by atoms with van der Waals surface area (Å²) in [4.78, 5) is 4.68. The van der Waals surface area contributed by atoms with Crippen LogP contribution in [0.1, 0.15) is 13.8 Å². The fraction of sp³-hybridized carbons (Fsp3) is 0.444. The van der Waals surface area contributed by atoms with Crippen molar-refractivity contribution in [2.75, 3.05) is 11.5 Å². The number of thioether (sulfide) groups is 1. The van der Waals surface area contributed by atoms with Crippen LogP contribution in [-0.4, -0.2) is 24.9 Å². The maximum Gasteiger partial charge on any atom is 0.196 e. The molecule has 0 spiro atoms. The van der Waals surface area contributed by atoms with E-state index < -0.39 is 9.84 Å². The zero-order chi connectivity index (χ0) is 10.6. The fourth-order valence-electron chi connectivity index (χ4n) is 1.01. The first-order valence-corrected chi connectivity index (χ1v) is 7.06. The first kappa shape index (κ1) is 11.5. The van der Waals surface area contributed by atoms with Gasteiger partial charge in [-0.2, -0.15) is 0 Å². The first-order chi connectivity index (χ1) is 6.61. The first-order valence-electron chi connectivity index (χ1n) is 4.42. The molecule has 0 N–H and O–H groups in total. The summed E-state index contributed by atoms with van der Waals surface area (Å²) < 4.78 is 23.2. The largest absolute Gasteiger partial charge is 0.244 e. The lowest BCUT2D eigenvalue weighted by Crippen LogP contribution is -2.07. The molecule has 1 aromatic heterocycles. The summed E-state index contributed by atoms with van der Waals surface area (Å²) in [5, 5.41) is 0.217. The maximum absolute atomic E-state index is 11.6. The van der Waals surface area contributed by atoms with Crippen molar-refractivity contribution in [3.05, 3.63) is 18.3 Å². The highest BCUT2D eigenvalue weighted by atomic mass is 32.2. The van der Waals surface area contributed by atoms with Gasteiger partial charge in [0.1, 0.15) is 0 Å². The zero-order valence-electron chi connectivity index (χ0n) is 8.23. The molecule has 3 nitrogen and oxygen atoms in total. The molecule has 1 rings (SSSR count). The lowest BCUT2D eigenvalue weighted by Gasteiger charge is -2.05. The van der Waals surface area contributed by atoms with E-state index >= 15 is 0 Å². The van der Waals surface area contributed by atoms with E-state index in [1.165, 1.54) is 18.0 Å². The molecule has 0 aromatic carbocycles. The highest BCUT2D eigenvalue weighted by Crippen LogP contribution is 2.24. The van der Waals surface area contributed by atoms with Crippen LogP contribution in [0.15, 0.2) is 28.3 Å². The molecular weight excluding hydrogens is 218 g/mol. The summed E-state index contributed by atoms with van der Waals surface area (Å²) in [5.74, 6) is 0.944. The average Bonchev–Trinajstić information content (AvgIpc) is 2.19. The van der Waals surface area contributed by atoms with Gasteiger partial charge in [-0.3, -0.25) is 0 Å². The van der Waals surface area contributed by atoms with Gasteiger partial charge >= 0.3 is 0 Å². The van der Waals surface area contributed by atoms with Crippen molar-refractivity contribution in [2.24, 2.45) is 0 Å². The van der Waals surface area contributed by atoms with E-state index in [-0.39, 0.29) is 10.8 Å². The predicted molar refractivity (Wildman–Crippen MR) is 58.4 cm³/mol. The van der Waals surface area contributed by atoms with E-state index in [0.29, 0.717) is 0 Å². The van der Waals surface area contributed by atoms with Gasteiger partial charge in [-0.1, -0.05) is 13.8 Å². The summed E-state index contributed by atoms with van der Waals surface area (Å²) in [6.45, 7) is 3.62. The summed E-state index contributed by atoms with van der Waals surface area (Å²) in [7, 11) is -3.18. The van der Waals surface area contributed by atoms with Gasteiger partial charge in [0, 0.05) is 11.1 Å². The third-order valence-corrected chi connectivity index (χ3v) is 4.44. The molecule has 1 heterocycles. The van der Waals surface area contributed by atoms with Gasteiger partial charge in [-0.15, -0.1) is 11.8 Å². The zero-order valence-corrected chi connectivity index (χ0v) is 9.86. The molecule has 0 aliphatic rings. The van der Waals surface area contributed by atoms with Gasteiger partial charge in [-0.25, -0.2) is 13.4 Å². The topological polar surface area (TPSA) is 47.0 Å². The molecule has 1 aromatic rings. The van der Waals surface area contributed by atoms with Gasteiger partial charge in [0.25, 0.3) is 0 Å². The number of hydrogen-bond donors (Lipinski definition) is 0. The summed E-state index contributed by atoms with van der Waals surface area (Å²) in [6, 6.07) is 3.55. The van der Waals surface area contributed by atoms with E-state index in [1.807, 2.05) is 6.92 Å². The lowest BCUT2D eigenvalue weighted by molar-refractivity contribution is 0.590. The Morgan fingerprint density at radius 1 is 1.43 bits per heavy atom. The highest BCUT2D eigenvalue weighted by Gasteiger charge is 2.17. The van der Waals surface area contributed by atoms with Crippen molar-refractivity contribution in [2.45, 2.75) is 23.8 Å². The summed E-state index contributed by atoms with van der Waals surface area (Å²) in [6.07, 6.45) is 1.52. The molecule has 0 saturated carbocycles. The summed E-state index contributed by atoms with van der Waals surface area (Å²) in [5.41, 5.74) is 0. The molecule has 0 unspecified atom stereocenters. The maximum atomic E-state index is 11.6. The average molecular weight is 231 g/mol. The van der Waals surface area contributed by atoms with E-state index in [9.17, 15) is 8.42 Å². The third-order valence-electron chi connectivity index (χ3n) is 1.71. The minimum Gasteiger partial charge on any atom is -0.244 e. The van der Waals surface area contributed by atoms with E-state index in [0.717, 1.165) is 10.6 Å². The van der Waals surface area contributed by atoms with Crippen molar-refractivity contribution in [1.82, 2.24) is 4.98 Å². The minimum atomic E-state index is -3.18. The number of rotatable bonds is 4. The van der Waals surface area contributed by atoms with Gasteiger partial charge in [0.2, 0.25) is 0 Å².